The lowest BCUT2D eigenvalue weighted by molar-refractivity contribution is -0.118. The third-order valence-electron chi connectivity index (χ3n) is 4.91. The third kappa shape index (κ3) is 4.88. The van der Waals surface area contributed by atoms with Gasteiger partial charge in [-0.3, -0.25) is 14.2 Å². The summed E-state index contributed by atoms with van der Waals surface area (Å²) in [6, 6.07) is 25.9. The Kier molecular flexibility index (Phi) is 6.63. The Labute approximate surface area is 189 Å². The molecule has 1 N–H and O–H groups in total. The SMILES string of the molecule is N#Cc1ccc(-n2c(SCC(=O)NCCc3ccccc3)nc3ccccc3c2=O)cc1. The van der Waals surface area contributed by atoms with Gasteiger partial charge in [-0.1, -0.05) is 54.2 Å². The van der Waals surface area contributed by atoms with Crippen LogP contribution in [0.25, 0.3) is 16.6 Å². The van der Waals surface area contributed by atoms with E-state index in [1.54, 1.807) is 42.5 Å². The van der Waals surface area contributed by atoms with Crippen molar-refractivity contribution in [2.75, 3.05) is 12.3 Å². The van der Waals surface area contributed by atoms with E-state index in [1.807, 2.05) is 36.4 Å². The quantitative estimate of drug-likeness (QED) is 0.350. The first-order chi connectivity index (χ1) is 15.7. The molecule has 7 heteroatoms. The molecule has 4 aromatic rings. The van der Waals surface area contributed by atoms with E-state index in [0.717, 1.165) is 12.0 Å². The summed E-state index contributed by atoms with van der Waals surface area (Å²) in [7, 11) is 0. The molecule has 0 aliphatic carbocycles. The molecule has 0 saturated heterocycles. The fourth-order valence-electron chi connectivity index (χ4n) is 3.29. The van der Waals surface area contributed by atoms with Crippen molar-refractivity contribution in [1.29, 1.82) is 5.26 Å². The van der Waals surface area contributed by atoms with Crippen LogP contribution in [0.4, 0.5) is 0 Å². The number of benzene rings is 3. The monoisotopic (exact) mass is 440 g/mol. The minimum Gasteiger partial charge on any atom is -0.355 e. The largest absolute Gasteiger partial charge is 0.355 e. The van der Waals surface area contributed by atoms with Gasteiger partial charge in [0, 0.05) is 6.54 Å². The van der Waals surface area contributed by atoms with E-state index in [4.69, 9.17) is 5.26 Å². The molecule has 1 amide bonds. The maximum atomic E-state index is 13.2. The second kappa shape index (κ2) is 9.94. The van der Waals surface area contributed by atoms with Crippen molar-refractivity contribution in [2.45, 2.75) is 11.6 Å². The van der Waals surface area contributed by atoms with Crippen LogP contribution >= 0.6 is 11.8 Å². The summed E-state index contributed by atoms with van der Waals surface area (Å²) in [5.41, 5.74) is 2.62. The summed E-state index contributed by atoms with van der Waals surface area (Å²) >= 11 is 1.21. The molecule has 0 fully saturated rings. The van der Waals surface area contributed by atoms with Gasteiger partial charge in [0.25, 0.3) is 5.56 Å². The van der Waals surface area contributed by atoms with Gasteiger partial charge < -0.3 is 5.32 Å². The summed E-state index contributed by atoms with van der Waals surface area (Å²) in [5.74, 6) is 0.00951. The molecule has 32 heavy (non-hydrogen) atoms. The Balaban J connectivity index is 1.55. The molecule has 6 nitrogen and oxygen atoms in total. The third-order valence-corrected chi connectivity index (χ3v) is 5.85. The highest BCUT2D eigenvalue weighted by molar-refractivity contribution is 7.99. The zero-order valence-electron chi connectivity index (χ0n) is 17.2. The molecular formula is C25H20N4O2S. The molecule has 158 valence electrons. The van der Waals surface area contributed by atoms with Crippen LogP contribution < -0.4 is 10.9 Å². The maximum Gasteiger partial charge on any atom is 0.266 e. The molecule has 0 unspecified atom stereocenters. The van der Waals surface area contributed by atoms with Crippen LogP contribution in [0, 0.1) is 11.3 Å². The number of para-hydroxylation sites is 1. The Hall–Kier alpha value is -3.89. The van der Waals surface area contributed by atoms with Gasteiger partial charge in [-0.25, -0.2) is 4.98 Å². The van der Waals surface area contributed by atoms with E-state index >= 15 is 0 Å². The number of rotatable bonds is 7. The van der Waals surface area contributed by atoms with Gasteiger partial charge in [0.2, 0.25) is 5.91 Å². The maximum absolute atomic E-state index is 13.2. The van der Waals surface area contributed by atoms with Crippen molar-refractivity contribution in [3.63, 3.8) is 0 Å². The van der Waals surface area contributed by atoms with E-state index < -0.39 is 0 Å². The van der Waals surface area contributed by atoms with Crippen LogP contribution in [0.5, 0.6) is 0 Å². The van der Waals surface area contributed by atoms with E-state index in [0.29, 0.717) is 33.9 Å². The van der Waals surface area contributed by atoms with E-state index in [1.165, 1.54) is 16.3 Å². The molecule has 0 bridgehead atoms. The van der Waals surface area contributed by atoms with Crippen LogP contribution in [-0.2, 0) is 11.2 Å². The lowest BCUT2D eigenvalue weighted by atomic mass is 10.1. The second-order valence-electron chi connectivity index (χ2n) is 7.08. The van der Waals surface area contributed by atoms with Gasteiger partial charge in [0.15, 0.2) is 5.16 Å². The number of nitriles is 1. The van der Waals surface area contributed by atoms with Crippen LogP contribution in [0.1, 0.15) is 11.1 Å². The van der Waals surface area contributed by atoms with Crippen molar-refractivity contribution in [2.24, 2.45) is 0 Å². The minimum absolute atomic E-state index is 0.125. The fraction of sp³-hybridized carbons (Fsp3) is 0.120. The number of nitrogens with zero attached hydrogens (tertiary/aromatic N) is 3. The van der Waals surface area contributed by atoms with Gasteiger partial charge in [-0.2, -0.15) is 5.26 Å². The standard InChI is InChI=1S/C25H20N4O2S/c26-16-19-10-12-20(13-11-19)29-24(31)21-8-4-5-9-22(21)28-25(29)32-17-23(30)27-15-14-18-6-2-1-3-7-18/h1-13H,14-15,17H2,(H,27,30). The molecular weight excluding hydrogens is 420 g/mol. The number of thioether (sulfide) groups is 1. The van der Waals surface area contributed by atoms with Crippen LogP contribution in [0.2, 0.25) is 0 Å². The van der Waals surface area contributed by atoms with E-state index in [9.17, 15) is 9.59 Å². The number of hydrogen-bond donors (Lipinski definition) is 1. The molecule has 0 radical (unpaired) electrons. The summed E-state index contributed by atoms with van der Waals surface area (Å²) in [4.78, 5) is 30.3. The van der Waals surface area contributed by atoms with Gasteiger partial charge in [0.1, 0.15) is 0 Å². The number of aromatic nitrogens is 2. The second-order valence-corrected chi connectivity index (χ2v) is 8.03. The highest BCUT2D eigenvalue weighted by Gasteiger charge is 2.15. The van der Waals surface area contributed by atoms with Crippen LogP contribution in [0.15, 0.2) is 88.8 Å². The van der Waals surface area contributed by atoms with Crippen molar-refractivity contribution < 1.29 is 4.79 Å². The molecule has 0 atom stereocenters. The van der Waals surface area contributed by atoms with E-state index in [-0.39, 0.29) is 17.2 Å². The summed E-state index contributed by atoms with van der Waals surface area (Å²) < 4.78 is 1.49. The number of carbonyl (C=O) groups excluding carboxylic acids is 1. The summed E-state index contributed by atoms with van der Waals surface area (Å²) in [5, 5.41) is 12.9. The highest BCUT2D eigenvalue weighted by Crippen LogP contribution is 2.21. The van der Waals surface area contributed by atoms with Gasteiger partial charge >= 0.3 is 0 Å². The molecule has 0 aliphatic heterocycles. The number of amides is 1. The van der Waals surface area contributed by atoms with Gasteiger partial charge in [-0.15, -0.1) is 0 Å². The smallest absolute Gasteiger partial charge is 0.266 e. The molecule has 4 rings (SSSR count). The summed E-state index contributed by atoms with van der Waals surface area (Å²) in [6.45, 7) is 0.539. The molecule has 1 heterocycles. The topological polar surface area (TPSA) is 87.8 Å². The molecule has 3 aromatic carbocycles. The fourth-order valence-corrected chi connectivity index (χ4v) is 4.14. The molecule has 0 spiro atoms. The first-order valence-electron chi connectivity index (χ1n) is 10.1. The molecule has 0 saturated carbocycles. The number of carbonyl (C=O) groups is 1. The van der Waals surface area contributed by atoms with Crippen LogP contribution in [0.3, 0.4) is 0 Å². The normalized spacial score (nSPS) is 10.6. The highest BCUT2D eigenvalue weighted by atomic mass is 32.2. The Morgan fingerprint density at radius 2 is 1.72 bits per heavy atom. The average molecular weight is 441 g/mol. The zero-order chi connectivity index (χ0) is 22.3. The predicted molar refractivity (Wildman–Crippen MR) is 126 cm³/mol. The minimum atomic E-state index is -0.215. The first kappa shape index (κ1) is 21.3. The summed E-state index contributed by atoms with van der Waals surface area (Å²) in [6.07, 6.45) is 0.751. The van der Waals surface area contributed by atoms with Crippen LogP contribution in [-0.4, -0.2) is 27.8 Å². The van der Waals surface area contributed by atoms with Crippen molar-refractivity contribution >= 4 is 28.6 Å². The predicted octanol–water partition coefficient (Wildman–Crippen LogP) is 3.71. The van der Waals surface area contributed by atoms with Crippen molar-refractivity contribution in [3.05, 3.63) is 100 Å². The number of nitrogens with one attached hydrogen (secondary N) is 1. The zero-order valence-corrected chi connectivity index (χ0v) is 18.0. The lowest BCUT2D eigenvalue weighted by Crippen LogP contribution is -2.28. The van der Waals surface area contributed by atoms with Gasteiger partial charge in [-0.05, 0) is 48.4 Å². The lowest BCUT2D eigenvalue weighted by Gasteiger charge is -2.13. The first-order valence-corrected chi connectivity index (χ1v) is 11.1. The Morgan fingerprint density at radius 1 is 1.00 bits per heavy atom. The van der Waals surface area contributed by atoms with Crippen molar-refractivity contribution in [1.82, 2.24) is 14.9 Å². The Bertz CT molecular complexity index is 1340. The van der Waals surface area contributed by atoms with Crippen molar-refractivity contribution in [3.8, 4) is 11.8 Å². The Morgan fingerprint density at radius 3 is 2.47 bits per heavy atom. The number of fused-ring (bicyclic) bond motifs is 1. The molecule has 0 aliphatic rings. The van der Waals surface area contributed by atoms with Gasteiger partial charge in [0.05, 0.1) is 34.0 Å². The van der Waals surface area contributed by atoms with E-state index in [2.05, 4.69) is 16.4 Å². The molecule has 1 aromatic heterocycles. The number of hydrogen-bond acceptors (Lipinski definition) is 5. The average Bonchev–Trinajstić information content (AvgIpc) is 2.84.